The molecule has 2 aromatic rings. The lowest BCUT2D eigenvalue weighted by atomic mass is 10.2. The summed E-state index contributed by atoms with van der Waals surface area (Å²) in [5.41, 5.74) is 1.06. The maximum atomic E-state index is 5.34. The molecule has 0 saturated heterocycles. The van der Waals surface area contributed by atoms with Gasteiger partial charge in [-0.1, -0.05) is 6.07 Å². The lowest BCUT2D eigenvalue weighted by molar-refractivity contribution is 0.391. The van der Waals surface area contributed by atoms with Crippen LogP contribution in [-0.2, 0) is 6.54 Å². The summed E-state index contributed by atoms with van der Waals surface area (Å²) >= 11 is 0. The molecule has 0 saturated carbocycles. The van der Waals surface area contributed by atoms with Crippen molar-refractivity contribution in [3.8, 4) is 11.5 Å². The summed E-state index contributed by atoms with van der Waals surface area (Å²) in [5, 5.41) is 3.24. The number of ether oxygens (including phenoxy) is 2. The van der Waals surface area contributed by atoms with E-state index in [1.807, 2.05) is 36.4 Å². The second-order valence-electron chi connectivity index (χ2n) is 3.75. The minimum absolute atomic E-state index is 0.657. The van der Waals surface area contributed by atoms with Crippen LogP contribution >= 0.6 is 0 Å². The number of rotatable bonds is 5. The molecule has 4 heteroatoms. The highest BCUT2D eigenvalue weighted by Gasteiger charge is 2.04. The molecule has 1 aromatic heterocycles. The van der Waals surface area contributed by atoms with Crippen LogP contribution in [0.4, 0.5) is 5.82 Å². The first-order chi connectivity index (χ1) is 8.83. The highest BCUT2D eigenvalue weighted by atomic mass is 16.5. The number of anilines is 1. The fourth-order valence-corrected chi connectivity index (χ4v) is 1.65. The number of pyridine rings is 1. The molecule has 0 radical (unpaired) electrons. The van der Waals surface area contributed by atoms with Crippen molar-refractivity contribution in [2.45, 2.75) is 6.54 Å². The smallest absolute Gasteiger partial charge is 0.127 e. The third kappa shape index (κ3) is 2.91. The van der Waals surface area contributed by atoms with Crippen LogP contribution in [0.5, 0.6) is 11.5 Å². The Labute approximate surface area is 107 Å². The van der Waals surface area contributed by atoms with Gasteiger partial charge in [0.15, 0.2) is 0 Å². The number of nitrogens with one attached hydrogen (secondary N) is 1. The van der Waals surface area contributed by atoms with E-state index in [0.717, 1.165) is 22.9 Å². The van der Waals surface area contributed by atoms with Gasteiger partial charge in [-0.2, -0.15) is 0 Å². The van der Waals surface area contributed by atoms with E-state index < -0.39 is 0 Å². The zero-order valence-corrected chi connectivity index (χ0v) is 10.5. The summed E-state index contributed by atoms with van der Waals surface area (Å²) in [5.74, 6) is 2.43. The topological polar surface area (TPSA) is 43.4 Å². The molecule has 4 nitrogen and oxygen atoms in total. The zero-order valence-electron chi connectivity index (χ0n) is 10.5. The molecular formula is C14H16N2O2. The predicted octanol–water partition coefficient (Wildman–Crippen LogP) is 2.71. The average Bonchev–Trinajstić information content (AvgIpc) is 2.46. The highest BCUT2D eigenvalue weighted by Crippen LogP contribution is 2.25. The van der Waals surface area contributed by atoms with E-state index >= 15 is 0 Å². The number of nitrogens with zero attached hydrogens (tertiary/aromatic N) is 1. The Morgan fingerprint density at radius 3 is 2.67 bits per heavy atom. The molecular weight excluding hydrogens is 228 g/mol. The molecule has 0 fully saturated rings. The normalized spacial score (nSPS) is 9.89. The van der Waals surface area contributed by atoms with E-state index in [4.69, 9.17) is 9.47 Å². The van der Waals surface area contributed by atoms with Crippen LogP contribution in [0.3, 0.4) is 0 Å². The van der Waals surface area contributed by atoms with Gasteiger partial charge in [-0.25, -0.2) is 4.98 Å². The van der Waals surface area contributed by atoms with Crippen LogP contribution in [0.1, 0.15) is 5.56 Å². The Bertz CT molecular complexity index is 500. The van der Waals surface area contributed by atoms with Crippen molar-refractivity contribution in [1.82, 2.24) is 4.98 Å². The van der Waals surface area contributed by atoms with Gasteiger partial charge < -0.3 is 14.8 Å². The van der Waals surface area contributed by atoms with Gasteiger partial charge in [-0.05, 0) is 24.3 Å². The molecule has 0 amide bonds. The lowest BCUT2D eigenvalue weighted by Crippen LogP contribution is -2.03. The molecule has 0 bridgehead atoms. The molecule has 0 spiro atoms. The minimum atomic E-state index is 0.657. The summed E-state index contributed by atoms with van der Waals surface area (Å²) in [7, 11) is 3.29. The van der Waals surface area contributed by atoms with Crippen LogP contribution in [0.15, 0.2) is 42.6 Å². The van der Waals surface area contributed by atoms with Gasteiger partial charge in [0.2, 0.25) is 0 Å². The third-order valence-corrected chi connectivity index (χ3v) is 2.62. The molecule has 0 aliphatic heterocycles. The molecule has 1 heterocycles. The van der Waals surface area contributed by atoms with Gasteiger partial charge in [0.1, 0.15) is 17.3 Å². The van der Waals surface area contributed by atoms with E-state index in [0.29, 0.717) is 6.54 Å². The van der Waals surface area contributed by atoms with E-state index in [1.54, 1.807) is 20.4 Å². The number of methoxy groups -OCH3 is 2. The summed E-state index contributed by atoms with van der Waals surface area (Å²) in [4.78, 5) is 4.21. The maximum absolute atomic E-state index is 5.34. The summed E-state index contributed by atoms with van der Waals surface area (Å²) in [6, 6.07) is 11.5. The van der Waals surface area contributed by atoms with Crippen molar-refractivity contribution in [2.24, 2.45) is 0 Å². The molecule has 0 unspecified atom stereocenters. The lowest BCUT2D eigenvalue weighted by Gasteiger charge is -2.11. The molecule has 1 aromatic carbocycles. The van der Waals surface area contributed by atoms with Crippen molar-refractivity contribution in [1.29, 1.82) is 0 Å². The average molecular weight is 244 g/mol. The number of hydrogen-bond donors (Lipinski definition) is 1. The van der Waals surface area contributed by atoms with Crippen molar-refractivity contribution in [3.63, 3.8) is 0 Å². The molecule has 2 rings (SSSR count). The second-order valence-corrected chi connectivity index (χ2v) is 3.75. The van der Waals surface area contributed by atoms with Crippen molar-refractivity contribution < 1.29 is 9.47 Å². The quantitative estimate of drug-likeness (QED) is 0.878. The van der Waals surface area contributed by atoms with Gasteiger partial charge in [0.05, 0.1) is 14.2 Å². The van der Waals surface area contributed by atoms with E-state index in [1.165, 1.54) is 0 Å². The van der Waals surface area contributed by atoms with E-state index in [2.05, 4.69) is 10.3 Å². The van der Waals surface area contributed by atoms with Crippen molar-refractivity contribution in [2.75, 3.05) is 19.5 Å². The van der Waals surface area contributed by atoms with Crippen LogP contribution in [0.25, 0.3) is 0 Å². The van der Waals surface area contributed by atoms with Crippen LogP contribution in [0.2, 0.25) is 0 Å². The van der Waals surface area contributed by atoms with Gasteiger partial charge in [0.25, 0.3) is 0 Å². The molecule has 18 heavy (non-hydrogen) atoms. The number of benzene rings is 1. The van der Waals surface area contributed by atoms with Gasteiger partial charge >= 0.3 is 0 Å². The van der Waals surface area contributed by atoms with Crippen LogP contribution in [-0.4, -0.2) is 19.2 Å². The Balaban J connectivity index is 2.09. The zero-order chi connectivity index (χ0) is 12.8. The fourth-order valence-electron chi connectivity index (χ4n) is 1.65. The standard InChI is InChI=1S/C14H16N2O2/c1-17-12-7-6-11(13(9-12)18-2)10-16-14-5-3-4-8-15-14/h3-9H,10H2,1-2H3,(H,15,16). The van der Waals surface area contributed by atoms with E-state index in [9.17, 15) is 0 Å². The second kappa shape index (κ2) is 5.91. The van der Waals surface area contributed by atoms with Gasteiger partial charge in [-0.3, -0.25) is 0 Å². The Morgan fingerprint density at radius 1 is 1.11 bits per heavy atom. The van der Waals surface area contributed by atoms with Crippen LogP contribution in [0, 0.1) is 0 Å². The Hall–Kier alpha value is -2.23. The summed E-state index contributed by atoms with van der Waals surface area (Å²) in [6.07, 6.45) is 1.76. The SMILES string of the molecule is COc1ccc(CNc2ccccn2)c(OC)c1. The molecule has 0 atom stereocenters. The van der Waals surface area contributed by atoms with Crippen molar-refractivity contribution >= 4 is 5.82 Å². The predicted molar refractivity (Wildman–Crippen MR) is 71.1 cm³/mol. The largest absolute Gasteiger partial charge is 0.497 e. The number of hydrogen-bond acceptors (Lipinski definition) is 4. The first-order valence-electron chi connectivity index (χ1n) is 5.69. The number of aromatic nitrogens is 1. The molecule has 0 aliphatic carbocycles. The Morgan fingerprint density at radius 2 is 2.00 bits per heavy atom. The summed E-state index contributed by atoms with van der Waals surface area (Å²) in [6.45, 7) is 0.657. The van der Waals surface area contributed by atoms with Gasteiger partial charge in [-0.15, -0.1) is 0 Å². The monoisotopic (exact) mass is 244 g/mol. The van der Waals surface area contributed by atoms with Crippen molar-refractivity contribution in [3.05, 3.63) is 48.2 Å². The maximum Gasteiger partial charge on any atom is 0.127 e. The highest BCUT2D eigenvalue weighted by molar-refractivity contribution is 5.43. The third-order valence-electron chi connectivity index (χ3n) is 2.62. The van der Waals surface area contributed by atoms with E-state index in [-0.39, 0.29) is 0 Å². The van der Waals surface area contributed by atoms with Crippen LogP contribution < -0.4 is 14.8 Å². The first kappa shape index (κ1) is 12.2. The molecule has 94 valence electrons. The minimum Gasteiger partial charge on any atom is -0.497 e. The molecule has 0 aliphatic rings. The van der Waals surface area contributed by atoms with Gasteiger partial charge in [0, 0.05) is 24.4 Å². The molecule has 1 N–H and O–H groups in total. The fraction of sp³-hybridized carbons (Fsp3) is 0.214. The Kier molecular flexibility index (Phi) is 4.02. The first-order valence-corrected chi connectivity index (χ1v) is 5.69. The summed E-state index contributed by atoms with van der Waals surface area (Å²) < 4.78 is 10.5.